The number of hydrogen-bond acceptors (Lipinski definition) is 3. The van der Waals surface area contributed by atoms with Crippen LogP contribution in [0.1, 0.15) is 24.7 Å². The lowest BCUT2D eigenvalue weighted by atomic mass is 10.1. The van der Waals surface area contributed by atoms with Gasteiger partial charge in [-0.05, 0) is 26.3 Å². The molecule has 0 N–H and O–H groups in total. The van der Waals surface area contributed by atoms with Crippen molar-refractivity contribution < 1.29 is 0 Å². The van der Waals surface area contributed by atoms with Gasteiger partial charge in [-0.15, -0.1) is 0 Å². The molecule has 0 saturated carbocycles. The van der Waals surface area contributed by atoms with Crippen molar-refractivity contribution in [3.63, 3.8) is 0 Å². The summed E-state index contributed by atoms with van der Waals surface area (Å²) < 4.78 is 4.04. The Kier molecular flexibility index (Phi) is 3.04. The van der Waals surface area contributed by atoms with Gasteiger partial charge in [-0.1, -0.05) is 6.92 Å². The summed E-state index contributed by atoms with van der Waals surface area (Å²) in [5.74, 6) is 0. The maximum atomic E-state index is 4.61. The Morgan fingerprint density at radius 1 is 1.20 bits per heavy atom. The van der Waals surface area contributed by atoms with Crippen molar-refractivity contribution in [2.75, 3.05) is 0 Å². The number of nitrogens with zero attached hydrogens (tertiary/aromatic N) is 5. The van der Waals surface area contributed by atoms with Gasteiger partial charge in [0.1, 0.15) is 0 Å². The minimum atomic E-state index is 0.943. The lowest BCUT2D eigenvalue weighted by Crippen LogP contribution is -2.01. The van der Waals surface area contributed by atoms with Gasteiger partial charge in [0.2, 0.25) is 0 Å². The molecular formula is C15H19N5. The Bertz CT molecular complexity index is 766. The summed E-state index contributed by atoms with van der Waals surface area (Å²) >= 11 is 0. The van der Waals surface area contributed by atoms with Crippen molar-refractivity contribution >= 4 is 11.0 Å². The van der Waals surface area contributed by atoms with E-state index in [-0.39, 0.29) is 0 Å². The lowest BCUT2D eigenvalue weighted by molar-refractivity contribution is 0.583. The van der Waals surface area contributed by atoms with Crippen molar-refractivity contribution in [1.29, 1.82) is 0 Å². The summed E-state index contributed by atoms with van der Waals surface area (Å²) in [6.45, 7) is 7.25. The molecule has 3 heterocycles. The predicted octanol–water partition coefficient (Wildman–Crippen LogP) is 2.86. The molecular weight excluding hydrogens is 250 g/mol. The van der Waals surface area contributed by atoms with Gasteiger partial charge in [-0.25, -0.2) is 4.98 Å². The SMILES string of the molecule is CCCn1nc(C)c(-c2cc3ncn(C)c3cn2)c1C. The average Bonchev–Trinajstić information content (AvgIpc) is 2.92. The second-order valence-corrected chi connectivity index (χ2v) is 5.18. The van der Waals surface area contributed by atoms with E-state index in [2.05, 4.69) is 33.6 Å². The van der Waals surface area contributed by atoms with Gasteiger partial charge in [0.15, 0.2) is 0 Å². The molecule has 0 unspecified atom stereocenters. The fourth-order valence-corrected chi connectivity index (χ4v) is 2.66. The Morgan fingerprint density at radius 2 is 2.00 bits per heavy atom. The second-order valence-electron chi connectivity index (χ2n) is 5.18. The van der Waals surface area contributed by atoms with Crippen LogP contribution in [0.2, 0.25) is 0 Å². The highest BCUT2D eigenvalue weighted by Crippen LogP contribution is 2.27. The van der Waals surface area contributed by atoms with E-state index in [9.17, 15) is 0 Å². The van der Waals surface area contributed by atoms with E-state index in [0.717, 1.165) is 41.0 Å². The fraction of sp³-hybridized carbons (Fsp3) is 0.400. The fourth-order valence-electron chi connectivity index (χ4n) is 2.66. The van der Waals surface area contributed by atoms with Crippen LogP contribution in [0.15, 0.2) is 18.6 Å². The topological polar surface area (TPSA) is 48.5 Å². The highest BCUT2D eigenvalue weighted by atomic mass is 15.3. The van der Waals surface area contributed by atoms with Crippen LogP contribution in [0.4, 0.5) is 0 Å². The van der Waals surface area contributed by atoms with E-state index >= 15 is 0 Å². The molecule has 0 bridgehead atoms. The molecule has 0 aromatic carbocycles. The molecule has 0 amide bonds. The summed E-state index contributed by atoms with van der Waals surface area (Å²) in [7, 11) is 1.98. The van der Waals surface area contributed by atoms with Crippen LogP contribution in [0.5, 0.6) is 0 Å². The first-order valence-corrected chi connectivity index (χ1v) is 6.93. The summed E-state index contributed by atoms with van der Waals surface area (Å²) in [5, 5.41) is 4.61. The third kappa shape index (κ3) is 1.90. The largest absolute Gasteiger partial charge is 0.332 e. The van der Waals surface area contributed by atoms with Crippen molar-refractivity contribution in [3.05, 3.63) is 30.0 Å². The van der Waals surface area contributed by atoms with Crippen molar-refractivity contribution in [2.24, 2.45) is 7.05 Å². The first kappa shape index (κ1) is 12.8. The molecule has 0 atom stereocenters. The Balaban J connectivity index is 2.15. The summed E-state index contributed by atoms with van der Waals surface area (Å²) in [5.41, 5.74) is 6.30. The lowest BCUT2D eigenvalue weighted by Gasteiger charge is -2.04. The van der Waals surface area contributed by atoms with E-state index in [1.165, 1.54) is 5.69 Å². The summed E-state index contributed by atoms with van der Waals surface area (Å²) in [6.07, 6.45) is 4.78. The second kappa shape index (κ2) is 4.74. The first-order valence-electron chi connectivity index (χ1n) is 6.93. The Labute approximate surface area is 118 Å². The minimum Gasteiger partial charge on any atom is -0.332 e. The molecule has 104 valence electrons. The van der Waals surface area contributed by atoms with Gasteiger partial charge in [0, 0.05) is 24.8 Å². The molecule has 3 aromatic heterocycles. The van der Waals surface area contributed by atoms with Crippen LogP contribution in [0.3, 0.4) is 0 Å². The predicted molar refractivity (Wildman–Crippen MR) is 79.5 cm³/mol. The number of aromatic nitrogens is 5. The van der Waals surface area contributed by atoms with E-state index < -0.39 is 0 Å². The molecule has 3 rings (SSSR count). The van der Waals surface area contributed by atoms with Crippen molar-refractivity contribution in [2.45, 2.75) is 33.7 Å². The molecule has 0 aliphatic carbocycles. The van der Waals surface area contributed by atoms with Crippen molar-refractivity contribution in [1.82, 2.24) is 24.3 Å². The smallest absolute Gasteiger partial charge is 0.0956 e. The zero-order valence-corrected chi connectivity index (χ0v) is 12.4. The van der Waals surface area contributed by atoms with Gasteiger partial charge in [0.05, 0.1) is 34.9 Å². The van der Waals surface area contributed by atoms with Gasteiger partial charge < -0.3 is 4.57 Å². The highest BCUT2D eigenvalue weighted by molar-refractivity contribution is 5.80. The molecule has 5 nitrogen and oxygen atoms in total. The number of pyridine rings is 1. The van der Waals surface area contributed by atoms with Crippen LogP contribution in [-0.4, -0.2) is 24.3 Å². The number of imidazole rings is 1. The molecule has 0 aliphatic rings. The molecule has 0 saturated heterocycles. The van der Waals surface area contributed by atoms with E-state index in [4.69, 9.17) is 0 Å². The monoisotopic (exact) mass is 269 g/mol. The molecule has 20 heavy (non-hydrogen) atoms. The van der Waals surface area contributed by atoms with Crippen molar-refractivity contribution in [3.8, 4) is 11.3 Å². The van der Waals surface area contributed by atoms with Crippen LogP contribution in [-0.2, 0) is 13.6 Å². The van der Waals surface area contributed by atoms with Gasteiger partial charge >= 0.3 is 0 Å². The highest BCUT2D eigenvalue weighted by Gasteiger charge is 2.15. The summed E-state index contributed by atoms with van der Waals surface area (Å²) in [4.78, 5) is 8.99. The molecule has 0 radical (unpaired) electrons. The normalized spacial score (nSPS) is 11.4. The minimum absolute atomic E-state index is 0.943. The van der Waals surface area contributed by atoms with Gasteiger partial charge in [0.25, 0.3) is 0 Å². The van der Waals surface area contributed by atoms with Gasteiger partial charge in [-0.3, -0.25) is 9.67 Å². The van der Waals surface area contributed by atoms with E-state index in [1.807, 2.05) is 37.1 Å². The van der Waals surface area contributed by atoms with Crippen LogP contribution < -0.4 is 0 Å². The maximum Gasteiger partial charge on any atom is 0.0956 e. The zero-order chi connectivity index (χ0) is 14.3. The van der Waals surface area contributed by atoms with Crippen LogP contribution in [0, 0.1) is 13.8 Å². The maximum absolute atomic E-state index is 4.61. The number of fused-ring (bicyclic) bond motifs is 1. The Morgan fingerprint density at radius 3 is 2.75 bits per heavy atom. The summed E-state index contributed by atoms with van der Waals surface area (Å²) in [6, 6.07) is 2.04. The molecule has 0 aliphatic heterocycles. The first-order chi connectivity index (χ1) is 9.61. The zero-order valence-electron chi connectivity index (χ0n) is 12.4. The van der Waals surface area contributed by atoms with Gasteiger partial charge in [-0.2, -0.15) is 5.10 Å². The molecule has 5 heteroatoms. The number of hydrogen-bond donors (Lipinski definition) is 0. The average molecular weight is 269 g/mol. The molecule has 3 aromatic rings. The quantitative estimate of drug-likeness (QED) is 0.734. The number of rotatable bonds is 3. The standard InChI is InChI=1S/C15H19N5/c1-5-6-20-11(3)15(10(2)18-20)13-7-12-14(8-16-13)19(4)9-17-12/h7-9H,5-6H2,1-4H3. The van der Waals surface area contributed by atoms with E-state index in [0.29, 0.717) is 0 Å². The molecule has 0 fully saturated rings. The third-order valence-electron chi connectivity index (χ3n) is 3.68. The Hall–Kier alpha value is -2.17. The molecule has 0 spiro atoms. The van der Waals surface area contributed by atoms with Crippen LogP contribution >= 0.6 is 0 Å². The third-order valence-corrected chi connectivity index (χ3v) is 3.68. The number of aryl methyl sites for hydroxylation is 3. The van der Waals surface area contributed by atoms with Crippen LogP contribution in [0.25, 0.3) is 22.3 Å². The van der Waals surface area contributed by atoms with E-state index in [1.54, 1.807) is 0 Å².